The fourth-order valence-corrected chi connectivity index (χ4v) is 2.63. The molecule has 1 aliphatic heterocycles. The van der Waals surface area contributed by atoms with Crippen molar-refractivity contribution in [2.75, 3.05) is 4.90 Å². The van der Waals surface area contributed by atoms with Gasteiger partial charge in [0, 0.05) is 12.5 Å². The average molecular weight is 297 g/mol. The maximum absolute atomic E-state index is 12.7. The van der Waals surface area contributed by atoms with E-state index in [0.717, 1.165) is 23.2 Å². The number of benzene rings is 2. The van der Waals surface area contributed by atoms with Crippen LogP contribution in [0.2, 0.25) is 0 Å². The van der Waals surface area contributed by atoms with Crippen molar-refractivity contribution in [2.24, 2.45) is 0 Å². The molecule has 0 radical (unpaired) electrons. The molecule has 1 heterocycles. The summed E-state index contributed by atoms with van der Waals surface area (Å²) in [7, 11) is 0. The SMILES string of the molecule is CC(C)(C)OC(=O)N1c2ccccc2Cc2ccc(O)cc21. The van der Waals surface area contributed by atoms with Gasteiger partial charge in [-0.15, -0.1) is 0 Å². The zero-order valence-electron chi connectivity index (χ0n) is 13.0. The number of para-hydroxylation sites is 1. The number of ether oxygens (including phenoxy) is 1. The van der Waals surface area contributed by atoms with Crippen LogP contribution in [0, 0.1) is 0 Å². The summed E-state index contributed by atoms with van der Waals surface area (Å²) in [5.74, 6) is 0.131. The summed E-state index contributed by atoms with van der Waals surface area (Å²) in [4.78, 5) is 14.2. The van der Waals surface area contributed by atoms with Gasteiger partial charge >= 0.3 is 6.09 Å². The maximum Gasteiger partial charge on any atom is 0.419 e. The van der Waals surface area contributed by atoms with Crippen LogP contribution in [0.1, 0.15) is 31.9 Å². The normalized spacial score (nSPS) is 13.3. The van der Waals surface area contributed by atoms with Crippen LogP contribution in [0.5, 0.6) is 5.75 Å². The van der Waals surface area contributed by atoms with Crippen molar-refractivity contribution in [1.29, 1.82) is 0 Å². The van der Waals surface area contributed by atoms with E-state index in [1.807, 2.05) is 51.1 Å². The Morgan fingerprint density at radius 3 is 2.50 bits per heavy atom. The van der Waals surface area contributed by atoms with Gasteiger partial charge in [-0.2, -0.15) is 0 Å². The molecule has 4 heteroatoms. The van der Waals surface area contributed by atoms with E-state index >= 15 is 0 Å². The highest BCUT2D eigenvalue weighted by Gasteiger charge is 2.31. The lowest BCUT2D eigenvalue weighted by atomic mass is 9.96. The molecule has 0 bridgehead atoms. The summed E-state index contributed by atoms with van der Waals surface area (Å²) in [6.07, 6.45) is 0.289. The van der Waals surface area contributed by atoms with E-state index in [-0.39, 0.29) is 5.75 Å². The van der Waals surface area contributed by atoms with Crippen LogP contribution >= 0.6 is 0 Å². The highest BCUT2D eigenvalue weighted by Crippen LogP contribution is 2.40. The second-order valence-corrected chi connectivity index (χ2v) is 6.43. The molecule has 4 nitrogen and oxygen atoms in total. The zero-order valence-corrected chi connectivity index (χ0v) is 13.0. The monoisotopic (exact) mass is 297 g/mol. The van der Waals surface area contributed by atoms with Crippen LogP contribution in [-0.4, -0.2) is 16.8 Å². The molecular weight excluding hydrogens is 278 g/mol. The van der Waals surface area contributed by atoms with Gasteiger partial charge in [-0.3, -0.25) is 0 Å². The molecule has 1 N–H and O–H groups in total. The summed E-state index contributed by atoms with van der Waals surface area (Å²) >= 11 is 0. The molecule has 2 aromatic carbocycles. The van der Waals surface area contributed by atoms with E-state index in [2.05, 4.69) is 0 Å². The van der Waals surface area contributed by atoms with Gasteiger partial charge < -0.3 is 9.84 Å². The number of anilines is 2. The highest BCUT2D eigenvalue weighted by molar-refractivity contribution is 5.99. The van der Waals surface area contributed by atoms with Crippen LogP contribution in [0.15, 0.2) is 42.5 Å². The number of hydrogen-bond donors (Lipinski definition) is 1. The van der Waals surface area contributed by atoms with Gasteiger partial charge in [0.2, 0.25) is 0 Å². The Labute approximate surface area is 130 Å². The van der Waals surface area contributed by atoms with Crippen molar-refractivity contribution >= 4 is 17.5 Å². The molecule has 0 atom stereocenters. The molecule has 0 spiro atoms. The lowest BCUT2D eigenvalue weighted by Crippen LogP contribution is -2.36. The average Bonchev–Trinajstić information content (AvgIpc) is 2.42. The summed E-state index contributed by atoms with van der Waals surface area (Å²) in [5.41, 5.74) is 2.94. The second-order valence-electron chi connectivity index (χ2n) is 6.43. The number of phenols is 1. The van der Waals surface area contributed by atoms with Crippen molar-refractivity contribution in [3.63, 3.8) is 0 Å². The first-order valence-electron chi connectivity index (χ1n) is 7.28. The molecule has 3 rings (SSSR count). The maximum atomic E-state index is 12.7. The Bertz CT molecular complexity index is 731. The third-order valence-corrected chi connectivity index (χ3v) is 3.50. The molecule has 1 amide bonds. The summed E-state index contributed by atoms with van der Waals surface area (Å²) in [5, 5.41) is 9.79. The van der Waals surface area contributed by atoms with Crippen molar-refractivity contribution in [3.05, 3.63) is 53.6 Å². The Hall–Kier alpha value is -2.49. The summed E-state index contributed by atoms with van der Waals surface area (Å²) in [6.45, 7) is 5.51. The smallest absolute Gasteiger partial charge is 0.419 e. The number of aromatic hydroxyl groups is 1. The molecule has 0 saturated heterocycles. The minimum Gasteiger partial charge on any atom is -0.508 e. The zero-order chi connectivity index (χ0) is 15.9. The van der Waals surface area contributed by atoms with Gasteiger partial charge in [0.25, 0.3) is 0 Å². The first-order chi connectivity index (χ1) is 10.3. The van der Waals surface area contributed by atoms with Gasteiger partial charge in [0.05, 0.1) is 11.4 Å². The van der Waals surface area contributed by atoms with Gasteiger partial charge in [0.1, 0.15) is 11.4 Å². The fourth-order valence-electron chi connectivity index (χ4n) is 2.63. The van der Waals surface area contributed by atoms with Gasteiger partial charge in [-0.05, 0) is 44.0 Å². The molecule has 0 aromatic heterocycles. The molecule has 0 aliphatic carbocycles. The highest BCUT2D eigenvalue weighted by atomic mass is 16.6. The van der Waals surface area contributed by atoms with E-state index < -0.39 is 11.7 Å². The molecule has 0 unspecified atom stereocenters. The summed E-state index contributed by atoms with van der Waals surface area (Å²) < 4.78 is 5.54. The van der Waals surface area contributed by atoms with Crippen LogP contribution in [0.4, 0.5) is 16.2 Å². The van der Waals surface area contributed by atoms with Crippen molar-refractivity contribution < 1.29 is 14.6 Å². The predicted molar refractivity (Wildman–Crippen MR) is 85.7 cm³/mol. The van der Waals surface area contributed by atoms with Crippen LogP contribution in [0.25, 0.3) is 0 Å². The van der Waals surface area contributed by atoms with Gasteiger partial charge in [-0.1, -0.05) is 24.3 Å². The predicted octanol–water partition coefficient (Wildman–Crippen LogP) is 4.37. The fraction of sp³-hybridized carbons (Fsp3) is 0.278. The minimum atomic E-state index is -0.583. The Kier molecular flexibility index (Phi) is 3.32. The van der Waals surface area contributed by atoms with Gasteiger partial charge in [0.15, 0.2) is 0 Å². The van der Waals surface area contributed by atoms with Crippen LogP contribution in [0.3, 0.4) is 0 Å². The third-order valence-electron chi connectivity index (χ3n) is 3.50. The standard InChI is InChI=1S/C18H19NO3/c1-18(2,3)22-17(21)19-15-7-5-4-6-12(15)10-13-8-9-14(20)11-16(13)19/h4-9,11,20H,10H2,1-3H3. The van der Waals surface area contributed by atoms with Crippen LogP contribution in [-0.2, 0) is 11.2 Å². The lowest BCUT2D eigenvalue weighted by Gasteiger charge is -2.33. The van der Waals surface area contributed by atoms with E-state index in [0.29, 0.717) is 5.69 Å². The molecule has 2 aromatic rings. The van der Waals surface area contributed by atoms with Crippen molar-refractivity contribution in [2.45, 2.75) is 32.8 Å². The number of nitrogens with zero attached hydrogens (tertiary/aromatic N) is 1. The van der Waals surface area contributed by atoms with E-state index in [9.17, 15) is 9.90 Å². The van der Waals surface area contributed by atoms with E-state index in [4.69, 9.17) is 4.74 Å². The number of carbonyl (C=O) groups excluding carboxylic acids is 1. The molecule has 22 heavy (non-hydrogen) atoms. The second kappa shape index (κ2) is 5.05. The summed E-state index contributed by atoms with van der Waals surface area (Å²) in [6, 6.07) is 12.8. The van der Waals surface area contributed by atoms with E-state index in [1.165, 1.54) is 0 Å². The third kappa shape index (κ3) is 2.64. The Morgan fingerprint density at radius 2 is 1.77 bits per heavy atom. The quantitative estimate of drug-likeness (QED) is 0.785. The topological polar surface area (TPSA) is 49.8 Å². The minimum absolute atomic E-state index is 0.131. The number of carbonyl (C=O) groups is 1. The number of hydrogen-bond acceptors (Lipinski definition) is 3. The largest absolute Gasteiger partial charge is 0.508 e. The molecule has 0 saturated carbocycles. The number of amides is 1. The van der Waals surface area contributed by atoms with Crippen molar-refractivity contribution in [3.8, 4) is 5.75 Å². The lowest BCUT2D eigenvalue weighted by molar-refractivity contribution is 0.0598. The first kappa shape index (κ1) is 14.4. The molecular formula is C18H19NO3. The van der Waals surface area contributed by atoms with Crippen molar-refractivity contribution in [1.82, 2.24) is 0 Å². The van der Waals surface area contributed by atoms with Crippen LogP contribution < -0.4 is 4.90 Å². The van der Waals surface area contributed by atoms with Gasteiger partial charge in [-0.25, -0.2) is 9.69 Å². The molecule has 0 fully saturated rings. The Morgan fingerprint density at radius 1 is 1.09 bits per heavy atom. The molecule has 114 valence electrons. The number of fused-ring (bicyclic) bond motifs is 2. The Balaban J connectivity index is 2.11. The first-order valence-corrected chi connectivity index (χ1v) is 7.28. The van der Waals surface area contributed by atoms with E-state index in [1.54, 1.807) is 17.0 Å². The number of rotatable bonds is 0. The molecule has 1 aliphatic rings. The number of phenolic OH excluding ortho intramolecular Hbond substituents is 1.